The summed E-state index contributed by atoms with van der Waals surface area (Å²) in [6, 6.07) is 11.3. The summed E-state index contributed by atoms with van der Waals surface area (Å²) in [7, 11) is 1.33. The van der Waals surface area contributed by atoms with E-state index in [1.807, 2.05) is 18.2 Å². The third-order valence-corrected chi connectivity index (χ3v) is 4.74. The van der Waals surface area contributed by atoms with Crippen molar-refractivity contribution in [2.45, 2.75) is 12.7 Å². The van der Waals surface area contributed by atoms with Gasteiger partial charge >= 0.3 is 6.61 Å². The summed E-state index contributed by atoms with van der Waals surface area (Å²) < 4.78 is 34.5. The maximum absolute atomic E-state index is 13.1. The Kier molecular flexibility index (Phi) is 7.86. The zero-order valence-electron chi connectivity index (χ0n) is 15.0. The van der Waals surface area contributed by atoms with Crippen molar-refractivity contribution in [1.29, 1.82) is 0 Å². The average molecular weight is 433 g/mol. The molecule has 1 fully saturated rings. The van der Waals surface area contributed by atoms with E-state index in [4.69, 9.17) is 16.3 Å². The fraction of sp³-hybridized carbons (Fsp3) is 0.316. The molecule has 28 heavy (non-hydrogen) atoms. The van der Waals surface area contributed by atoms with E-state index in [0.29, 0.717) is 30.2 Å². The molecule has 1 saturated heterocycles. The van der Waals surface area contributed by atoms with Gasteiger partial charge in [0.25, 0.3) is 5.91 Å². The summed E-state index contributed by atoms with van der Waals surface area (Å²) >= 11 is 6.32. The Bertz CT molecular complexity index is 824. The third-order valence-electron chi connectivity index (χ3n) is 4.40. The second kappa shape index (κ2) is 9.91. The molecule has 1 heterocycles. The Morgan fingerprint density at radius 2 is 2.00 bits per heavy atom. The first-order valence-electron chi connectivity index (χ1n) is 8.40. The minimum absolute atomic E-state index is 0. The molecule has 0 aliphatic carbocycles. The number of methoxy groups -OCH3 is 1. The van der Waals surface area contributed by atoms with Crippen molar-refractivity contribution < 1.29 is 23.0 Å². The fourth-order valence-corrected chi connectivity index (χ4v) is 3.39. The molecule has 1 amide bonds. The van der Waals surface area contributed by atoms with Gasteiger partial charge < -0.3 is 19.7 Å². The SMILES string of the molecule is COc1cc(C(=O)N2CCNCC2c2ccccc2Cl)ccc1OC(F)F.Cl. The van der Waals surface area contributed by atoms with Gasteiger partial charge in [-0.15, -0.1) is 12.4 Å². The summed E-state index contributed by atoms with van der Waals surface area (Å²) in [6.07, 6.45) is 0. The Balaban J connectivity index is 0.00000280. The second-order valence-electron chi connectivity index (χ2n) is 5.98. The van der Waals surface area contributed by atoms with E-state index in [0.717, 1.165) is 5.56 Å². The van der Waals surface area contributed by atoms with Gasteiger partial charge in [-0.1, -0.05) is 29.8 Å². The van der Waals surface area contributed by atoms with Crippen LogP contribution in [0.15, 0.2) is 42.5 Å². The second-order valence-corrected chi connectivity index (χ2v) is 6.39. The van der Waals surface area contributed by atoms with Crippen molar-refractivity contribution >= 4 is 29.9 Å². The molecular weight excluding hydrogens is 413 g/mol. The van der Waals surface area contributed by atoms with Gasteiger partial charge in [0.15, 0.2) is 11.5 Å². The molecule has 2 aromatic rings. The van der Waals surface area contributed by atoms with Gasteiger partial charge in [-0.3, -0.25) is 4.79 Å². The van der Waals surface area contributed by atoms with Crippen LogP contribution in [0.4, 0.5) is 8.78 Å². The van der Waals surface area contributed by atoms with Crippen LogP contribution in [0, 0.1) is 0 Å². The van der Waals surface area contributed by atoms with Crippen LogP contribution in [0.5, 0.6) is 11.5 Å². The number of nitrogens with zero attached hydrogens (tertiary/aromatic N) is 1. The van der Waals surface area contributed by atoms with E-state index >= 15 is 0 Å². The van der Waals surface area contributed by atoms with Crippen molar-refractivity contribution in [1.82, 2.24) is 10.2 Å². The molecule has 1 unspecified atom stereocenters. The van der Waals surface area contributed by atoms with Crippen LogP contribution >= 0.6 is 24.0 Å². The van der Waals surface area contributed by atoms with E-state index in [-0.39, 0.29) is 35.9 Å². The number of piperazine rings is 1. The van der Waals surface area contributed by atoms with Gasteiger partial charge in [0.1, 0.15) is 0 Å². The highest BCUT2D eigenvalue weighted by molar-refractivity contribution is 6.31. The van der Waals surface area contributed by atoms with Crippen LogP contribution in [0.3, 0.4) is 0 Å². The largest absolute Gasteiger partial charge is 0.493 e. The first-order valence-corrected chi connectivity index (χ1v) is 8.78. The lowest BCUT2D eigenvalue weighted by Gasteiger charge is -2.37. The van der Waals surface area contributed by atoms with E-state index in [1.54, 1.807) is 11.0 Å². The average Bonchev–Trinajstić information content (AvgIpc) is 2.68. The van der Waals surface area contributed by atoms with Crippen LogP contribution in [0.1, 0.15) is 22.0 Å². The van der Waals surface area contributed by atoms with Crippen molar-refractivity contribution in [2.75, 3.05) is 26.7 Å². The number of amides is 1. The number of hydrogen-bond acceptors (Lipinski definition) is 4. The van der Waals surface area contributed by atoms with Crippen LogP contribution in [0.25, 0.3) is 0 Å². The first-order chi connectivity index (χ1) is 13.0. The smallest absolute Gasteiger partial charge is 0.387 e. The van der Waals surface area contributed by atoms with Gasteiger partial charge in [0.2, 0.25) is 0 Å². The Hall–Kier alpha value is -2.09. The Labute approximate surface area is 173 Å². The molecule has 3 rings (SSSR count). The van der Waals surface area contributed by atoms with Gasteiger partial charge in [0.05, 0.1) is 13.2 Å². The number of carbonyl (C=O) groups excluding carboxylic acids is 1. The lowest BCUT2D eigenvalue weighted by atomic mass is 10.0. The minimum Gasteiger partial charge on any atom is -0.493 e. The molecule has 152 valence electrons. The molecule has 0 spiro atoms. The van der Waals surface area contributed by atoms with Gasteiger partial charge in [0, 0.05) is 30.2 Å². The summed E-state index contributed by atoms with van der Waals surface area (Å²) in [5, 5.41) is 3.85. The van der Waals surface area contributed by atoms with Crippen LogP contribution in [-0.4, -0.2) is 44.2 Å². The van der Waals surface area contributed by atoms with Gasteiger partial charge in [-0.25, -0.2) is 0 Å². The highest BCUT2D eigenvalue weighted by Crippen LogP contribution is 2.33. The quantitative estimate of drug-likeness (QED) is 0.770. The number of halogens is 4. The monoisotopic (exact) mass is 432 g/mol. The molecule has 1 atom stereocenters. The number of nitrogens with one attached hydrogen (secondary N) is 1. The molecule has 0 aromatic heterocycles. The summed E-state index contributed by atoms with van der Waals surface area (Å²) in [6.45, 7) is -1.26. The molecule has 1 aliphatic heterocycles. The van der Waals surface area contributed by atoms with Crippen molar-refractivity contribution in [3.8, 4) is 11.5 Å². The molecule has 0 bridgehead atoms. The van der Waals surface area contributed by atoms with Crippen molar-refractivity contribution in [3.05, 3.63) is 58.6 Å². The maximum atomic E-state index is 13.1. The summed E-state index contributed by atoms with van der Waals surface area (Å²) in [5.74, 6) is -0.277. The first kappa shape index (κ1) is 22.2. The normalized spacial score (nSPS) is 16.5. The van der Waals surface area contributed by atoms with Gasteiger partial charge in [-0.05, 0) is 29.8 Å². The molecule has 1 N–H and O–H groups in total. The molecular formula is C19H20Cl2F2N2O3. The van der Waals surface area contributed by atoms with E-state index in [2.05, 4.69) is 10.1 Å². The number of hydrogen-bond donors (Lipinski definition) is 1. The maximum Gasteiger partial charge on any atom is 0.387 e. The highest BCUT2D eigenvalue weighted by atomic mass is 35.5. The van der Waals surface area contributed by atoms with E-state index in [1.165, 1.54) is 25.3 Å². The standard InChI is InChI=1S/C19H19ClF2N2O3.ClH/c1-26-17-10-12(6-7-16(17)27-19(21)22)18(25)24-9-8-23-11-15(24)13-4-2-3-5-14(13)20;/h2-7,10,15,19,23H,8-9,11H2,1H3;1H. The lowest BCUT2D eigenvalue weighted by molar-refractivity contribution is -0.0512. The molecule has 2 aromatic carbocycles. The fourth-order valence-electron chi connectivity index (χ4n) is 3.13. The summed E-state index contributed by atoms with van der Waals surface area (Å²) in [4.78, 5) is 14.8. The molecule has 5 nitrogen and oxygen atoms in total. The molecule has 0 radical (unpaired) electrons. The zero-order valence-corrected chi connectivity index (χ0v) is 16.6. The Morgan fingerprint density at radius 3 is 2.68 bits per heavy atom. The van der Waals surface area contributed by atoms with Gasteiger partial charge in [-0.2, -0.15) is 8.78 Å². The Morgan fingerprint density at radius 1 is 1.25 bits per heavy atom. The topological polar surface area (TPSA) is 50.8 Å². The van der Waals surface area contributed by atoms with Crippen LogP contribution in [0.2, 0.25) is 5.02 Å². The predicted molar refractivity (Wildman–Crippen MR) is 105 cm³/mol. The number of carbonyl (C=O) groups is 1. The molecule has 1 aliphatic rings. The summed E-state index contributed by atoms with van der Waals surface area (Å²) in [5.41, 5.74) is 1.18. The van der Waals surface area contributed by atoms with Crippen molar-refractivity contribution in [3.63, 3.8) is 0 Å². The number of ether oxygens (including phenoxy) is 2. The minimum atomic E-state index is -2.97. The van der Waals surface area contributed by atoms with E-state index in [9.17, 15) is 13.6 Å². The van der Waals surface area contributed by atoms with Crippen molar-refractivity contribution in [2.24, 2.45) is 0 Å². The number of rotatable bonds is 5. The van der Waals surface area contributed by atoms with Crippen LogP contribution < -0.4 is 14.8 Å². The highest BCUT2D eigenvalue weighted by Gasteiger charge is 2.30. The number of benzene rings is 2. The molecule has 9 heteroatoms. The molecule has 0 saturated carbocycles. The number of alkyl halides is 2. The van der Waals surface area contributed by atoms with Crippen LogP contribution in [-0.2, 0) is 0 Å². The van der Waals surface area contributed by atoms with E-state index < -0.39 is 6.61 Å². The predicted octanol–water partition coefficient (Wildman–Crippen LogP) is 4.16. The zero-order chi connectivity index (χ0) is 19.4. The third kappa shape index (κ3) is 4.84. The lowest BCUT2D eigenvalue weighted by Crippen LogP contribution is -2.48.